The fraction of sp³-hybridized carbons (Fsp3) is 0.150. The van der Waals surface area contributed by atoms with Gasteiger partial charge in [0.1, 0.15) is 5.82 Å². The van der Waals surface area contributed by atoms with Crippen LogP contribution in [-0.2, 0) is 4.74 Å². The van der Waals surface area contributed by atoms with Crippen molar-refractivity contribution in [2.75, 3.05) is 10.6 Å². The number of hydrogen-bond acceptors (Lipinski definition) is 8. The predicted octanol–water partition coefficient (Wildman–Crippen LogP) is 4.49. The number of ether oxygens (including phenoxy) is 1. The highest BCUT2D eigenvalue weighted by atomic mass is 32.2. The number of hydrogen-bond donors (Lipinski definition) is 3. The Morgan fingerprint density at radius 3 is 2.54 bits per heavy atom. The SMILES string of the molecule is CC(C)OC(=O)c1ccccc1Nc1ccnc(Nc2ccc(SN)cc2)n1. The van der Waals surface area contributed by atoms with Gasteiger partial charge in [-0.05, 0) is 68.3 Å². The largest absolute Gasteiger partial charge is 0.459 e. The van der Waals surface area contributed by atoms with Gasteiger partial charge in [0.15, 0.2) is 0 Å². The molecule has 0 saturated heterocycles. The molecular weight excluding hydrogens is 374 g/mol. The second kappa shape index (κ2) is 9.20. The van der Waals surface area contributed by atoms with E-state index in [1.54, 1.807) is 30.5 Å². The number of carbonyl (C=O) groups excluding carboxylic acids is 1. The minimum Gasteiger partial charge on any atom is -0.459 e. The van der Waals surface area contributed by atoms with Crippen LogP contribution in [0.25, 0.3) is 0 Å². The van der Waals surface area contributed by atoms with E-state index >= 15 is 0 Å². The van der Waals surface area contributed by atoms with Crippen LogP contribution in [0.5, 0.6) is 0 Å². The van der Waals surface area contributed by atoms with Gasteiger partial charge in [0.2, 0.25) is 5.95 Å². The van der Waals surface area contributed by atoms with Crippen molar-refractivity contribution in [3.8, 4) is 0 Å². The van der Waals surface area contributed by atoms with Crippen LogP contribution in [0.15, 0.2) is 65.7 Å². The zero-order valence-electron chi connectivity index (χ0n) is 15.5. The first kappa shape index (κ1) is 19.7. The van der Waals surface area contributed by atoms with Gasteiger partial charge < -0.3 is 15.4 Å². The van der Waals surface area contributed by atoms with Crippen LogP contribution in [0.1, 0.15) is 24.2 Å². The third-order valence-electron chi connectivity index (χ3n) is 3.65. The van der Waals surface area contributed by atoms with E-state index in [0.717, 1.165) is 10.6 Å². The standard InChI is InChI=1S/C20H21N5O2S/c1-13(2)27-19(26)16-5-3-4-6-17(16)24-18-11-12-22-20(25-18)23-14-7-9-15(28-21)10-8-14/h3-13H,21H2,1-2H3,(H2,22,23,24,25). The molecule has 0 aliphatic carbocycles. The average Bonchev–Trinajstić information content (AvgIpc) is 2.69. The van der Waals surface area contributed by atoms with Crippen molar-refractivity contribution in [1.29, 1.82) is 0 Å². The lowest BCUT2D eigenvalue weighted by molar-refractivity contribution is 0.0379. The van der Waals surface area contributed by atoms with Gasteiger partial charge in [0.05, 0.1) is 17.4 Å². The summed E-state index contributed by atoms with van der Waals surface area (Å²) in [7, 11) is 0. The molecule has 1 heterocycles. The lowest BCUT2D eigenvalue weighted by Crippen LogP contribution is -2.13. The summed E-state index contributed by atoms with van der Waals surface area (Å²) in [6, 6.07) is 16.5. The quantitative estimate of drug-likeness (QED) is 0.397. The van der Waals surface area contributed by atoms with E-state index < -0.39 is 0 Å². The Hall–Kier alpha value is -3.10. The van der Waals surface area contributed by atoms with Crippen LogP contribution in [0.3, 0.4) is 0 Å². The molecule has 0 fully saturated rings. The smallest absolute Gasteiger partial charge is 0.340 e. The fourth-order valence-electron chi connectivity index (χ4n) is 2.42. The molecule has 8 heteroatoms. The molecule has 28 heavy (non-hydrogen) atoms. The Morgan fingerprint density at radius 1 is 1.07 bits per heavy atom. The van der Waals surface area contributed by atoms with Gasteiger partial charge in [-0.1, -0.05) is 12.1 Å². The number of carbonyl (C=O) groups is 1. The number of anilines is 4. The third kappa shape index (κ3) is 5.21. The molecule has 0 amide bonds. The molecule has 144 valence electrons. The summed E-state index contributed by atoms with van der Waals surface area (Å²) >= 11 is 1.19. The summed E-state index contributed by atoms with van der Waals surface area (Å²) in [5.41, 5.74) is 1.90. The van der Waals surface area contributed by atoms with Crippen molar-refractivity contribution in [3.63, 3.8) is 0 Å². The van der Waals surface area contributed by atoms with E-state index in [9.17, 15) is 4.79 Å². The molecule has 0 bridgehead atoms. The van der Waals surface area contributed by atoms with Crippen LogP contribution in [0, 0.1) is 0 Å². The Kier molecular flexibility index (Phi) is 6.46. The number of nitrogens with one attached hydrogen (secondary N) is 2. The van der Waals surface area contributed by atoms with Gasteiger partial charge in [-0.25, -0.2) is 9.78 Å². The van der Waals surface area contributed by atoms with Crippen LogP contribution < -0.4 is 15.8 Å². The van der Waals surface area contributed by atoms with Gasteiger partial charge in [0, 0.05) is 16.8 Å². The van der Waals surface area contributed by atoms with Crippen molar-refractivity contribution >= 4 is 41.1 Å². The zero-order chi connectivity index (χ0) is 19.9. The molecule has 2 aromatic carbocycles. The fourth-order valence-corrected chi connectivity index (χ4v) is 2.71. The molecular formula is C20H21N5O2S. The maximum Gasteiger partial charge on any atom is 0.340 e. The van der Waals surface area contributed by atoms with Crippen LogP contribution in [-0.4, -0.2) is 22.0 Å². The summed E-state index contributed by atoms with van der Waals surface area (Å²) in [6.07, 6.45) is 1.44. The molecule has 0 aliphatic rings. The summed E-state index contributed by atoms with van der Waals surface area (Å²) in [4.78, 5) is 22.0. The van der Waals surface area contributed by atoms with Crippen molar-refractivity contribution < 1.29 is 9.53 Å². The van der Waals surface area contributed by atoms with Gasteiger partial charge in [-0.3, -0.25) is 5.14 Å². The Labute approximate surface area is 167 Å². The van der Waals surface area contributed by atoms with E-state index in [0.29, 0.717) is 23.0 Å². The minimum atomic E-state index is -0.386. The molecule has 1 aromatic heterocycles. The molecule has 0 unspecified atom stereocenters. The number of aromatic nitrogens is 2. The van der Waals surface area contributed by atoms with Crippen LogP contribution in [0.4, 0.5) is 23.1 Å². The van der Waals surface area contributed by atoms with Gasteiger partial charge in [-0.2, -0.15) is 4.98 Å². The highest BCUT2D eigenvalue weighted by molar-refractivity contribution is 7.97. The number of benzene rings is 2. The van der Waals surface area contributed by atoms with E-state index in [1.165, 1.54) is 11.9 Å². The monoisotopic (exact) mass is 395 g/mol. The Bertz CT molecular complexity index is 947. The highest BCUT2D eigenvalue weighted by Crippen LogP contribution is 2.23. The van der Waals surface area contributed by atoms with E-state index in [2.05, 4.69) is 20.6 Å². The summed E-state index contributed by atoms with van der Waals surface area (Å²) in [6.45, 7) is 3.63. The Balaban J connectivity index is 1.77. The molecule has 4 N–H and O–H groups in total. The highest BCUT2D eigenvalue weighted by Gasteiger charge is 2.14. The number of nitrogens with two attached hydrogens (primary N) is 1. The number of rotatable bonds is 7. The predicted molar refractivity (Wildman–Crippen MR) is 112 cm³/mol. The molecule has 3 rings (SSSR count). The molecule has 0 aliphatic heterocycles. The van der Waals surface area contributed by atoms with Gasteiger partial charge in [0.25, 0.3) is 0 Å². The zero-order valence-corrected chi connectivity index (χ0v) is 16.4. The molecule has 0 spiro atoms. The second-order valence-corrected chi connectivity index (χ2v) is 6.86. The molecule has 3 aromatic rings. The van der Waals surface area contributed by atoms with E-state index in [4.69, 9.17) is 9.88 Å². The maximum absolute atomic E-state index is 12.3. The number of esters is 1. The topological polar surface area (TPSA) is 102 Å². The first-order valence-corrected chi connectivity index (χ1v) is 9.57. The molecule has 0 radical (unpaired) electrons. The number of para-hydroxylation sites is 1. The first-order valence-electron chi connectivity index (χ1n) is 8.69. The molecule has 0 atom stereocenters. The molecule has 7 nitrogen and oxygen atoms in total. The van der Waals surface area contributed by atoms with E-state index in [1.807, 2.05) is 44.2 Å². The van der Waals surface area contributed by atoms with Gasteiger partial charge in [-0.15, -0.1) is 0 Å². The van der Waals surface area contributed by atoms with Crippen molar-refractivity contribution in [2.45, 2.75) is 24.8 Å². The van der Waals surface area contributed by atoms with Crippen LogP contribution in [0.2, 0.25) is 0 Å². The summed E-state index contributed by atoms with van der Waals surface area (Å²) in [5.74, 6) is 0.597. The first-order chi connectivity index (χ1) is 13.5. The Morgan fingerprint density at radius 2 is 1.82 bits per heavy atom. The van der Waals surface area contributed by atoms with E-state index in [-0.39, 0.29) is 12.1 Å². The van der Waals surface area contributed by atoms with Crippen LogP contribution >= 0.6 is 11.9 Å². The van der Waals surface area contributed by atoms with Gasteiger partial charge >= 0.3 is 5.97 Å². The normalized spacial score (nSPS) is 10.6. The lowest BCUT2D eigenvalue weighted by atomic mass is 10.2. The summed E-state index contributed by atoms with van der Waals surface area (Å²) < 4.78 is 5.30. The maximum atomic E-state index is 12.3. The van der Waals surface area contributed by atoms with Crippen molar-refractivity contribution in [1.82, 2.24) is 9.97 Å². The van der Waals surface area contributed by atoms with Crippen molar-refractivity contribution in [3.05, 3.63) is 66.4 Å². The third-order valence-corrected chi connectivity index (χ3v) is 4.20. The second-order valence-electron chi connectivity index (χ2n) is 6.16. The lowest BCUT2D eigenvalue weighted by Gasteiger charge is -2.13. The average molecular weight is 395 g/mol. The minimum absolute atomic E-state index is 0.195. The summed E-state index contributed by atoms with van der Waals surface area (Å²) in [5, 5.41) is 11.8. The van der Waals surface area contributed by atoms with Crippen molar-refractivity contribution in [2.24, 2.45) is 5.14 Å². The number of nitrogens with zero attached hydrogens (tertiary/aromatic N) is 2. The molecule has 0 saturated carbocycles.